The van der Waals surface area contributed by atoms with E-state index < -0.39 is 0 Å². The van der Waals surface area contributed by atoms with E-state index in [2.05, 4.69) is 20.8 Å². The van der Waals surface area contributed by atoms with Gasteiger partial charge in [0, 0.05) is 11.3 Å². The van der Waals surface area contributed by atoms with Crippen LogP contribution in [0.3, 0.4) is 0 Å². The average Bonchev–Trinajstić information content (AvgIpc) is 2.74. The van der Waals surface area contributed by atoms with Gasteiger partial charge < -0.3 is 0 Å². The van der Waals surface area contributed by atoms with E-state index in [0.717, 1.165) is 6.42 Å². The number of ketones is 1. The number of hydrogen-bond donors (Lipinski definition) is 0. The Morgan fingerprint density at radius 2 is 2.00 bits per heavy atom. The van der Waals surface area contributed by atoms with Crippen molar-refractivity contribution in [2.24, 2.45) is 22.2 Å². The highest BCUT2D eigenvalue weighted by molar-refractivity contribution is 5.91. The molecule has 96 valence electrons. The number of hydrogen-bond acceptors (Lipinski definition) is 1. The molecule has 0 aromatic rings. The molecule has 0 aliphatic heterocycles. The van der Waals surface area contributed by atoms with Crippen LogP contribution < -0.4 is 0 Å². The largest absolute Gasteiger partial charge is 0.299 e. The van der Waals surface area contributed by atoms with Crippen LogP contribution in [0.25, 0.3) is 0 Å². The van der Waals surface area contributed by atoms with Gasteiger partial charge in [0.1, 0.15) is 5.78 Å². The zero-order valence-corrected chi connectivity index (χ0v) is 11.6. The van der Waals surface area contributed by atoms with Gasteiger partial charge in [-0.3, -0.25) is 4.79 Å². The quantitative estimate of drug-likeness (QED) is 0.694. The highest BCUT2D eigenvalue weighted by atomic mass is 16.1. The summed E-state index contributed by atoms with van der Waals surface area (Å²) in [6.07, 6.45) is 9.87. The van der Waals surface area contributed by atoms with Gasteiger partial charge in [-0.2, -0.15) is 0 Å². The number of fused-ring (bicyclic) bond motifs is 1. The molecular formula is C16H26O. The molecule has 3 aliphatic rings. The summed E-state index contributed by atoms with van der Waals surface area (Å²) in [6, 6.07) is 0. The lowest BCUT2D eigenvalue weighted by Crippen LogP contribution is -2.46. The lowest BCUT2D eigenvalue weighted by atomic mass is 9.53. The van der Waals surface area contributed by atoms with Crippen molar-refractivity contribution in [3.8, 4) is 0 Å². The molecule has 3 saturated carbocycles. The van der Waals surface area contributed by atoms with Gasteiger partial charge in [0.15, 0.2) is 0 Å². The minimum Gasteiger partial charge on any atom is -0.299 e. The summed E-state index contributed by atoms with van der Waals surface area (Å²) in [5.74, 6) is 1.09. The van der Waals surface area contributed by atoms with Gasteiger partial charge in [0.2, 0.25) is 0 Å². The Labute approximate surface area is 105 Å². The second-order valence-corrected chi connectivity index (χ2v) is 7.56. The van der Waals surface area contributed by atoms with Gasteiger partial charge in [0.25, 0.3) is 0 Å². The molecule has 0 saturated heterocycles. The van der Waals surface area contributed by atoms with E-state index in [0.29, 0.717) is 22.5 Å². The molecule has 3 rings (SSSR count). The van der Waals surface area contributed by atoms with Crippen molar-refractivity contribution in [3.05, 3.63) is 0 Å². The van der Waals surface area contributed by atoms with E-state index in [4.69, 9.17) is 0 Å². The lowest BCUT2D eigenvalue weighted by molar-refractivity contribution is -0.137. The van der Waals surface area contributed by atoms with Gasteiger partial charge in [-0.05, 0) is 49.4 Å². The summed E-state index contributed by atoms with van der Waals surface area (Å²) in [5.41, 5.74) is 0.899. The van der Waals surface area contributed by atoms with E-state index in [9.17, 15) is 4.79 Å². The second-order valence-electron chi connectivity index (χ2n) is 7.56. The lowest BCUT2D eigenvalue weighted by Gasteiger charge is -2.51. The Balaban J connectivity index is 2.02. The van der Waals surface area contributed by atoms with E-state index in [1.165, 1.54) is 44.9 Å². The molecule has 2 bridgehead atoms. The minimum atomic E-state index is 0.112. The molecular weight excluding hydrogens is 208 g/mol. The Hall–Kier alpha value is -0.330. The third-order valence-electron chi connectivity index (χ3n) is 6.58. The number of Topliss-reactive ketones (excluding diaryl/α,β-unsaturated/α-hetero) is 1. The summed E-state index contributed by atoms with van der Waals surface area (Å²) in [7, 11) is 0. The van der Waals surface area contributed by atoms with Crippen LogP contribution in [0.4, 0.5) is 0 Å². The van der Waals surface area contributed by atoms with E-state index in [-0.39, 0.29) is 5.41 Å². The summed E-state index contributed by atoms with van der Waals surface area (Å²) >= 11 is 0. The first kappa shape index (κ1) is 11.7. The van der Waals surface area contributed by atoms with Gasteiger partial charge in [-0.1, -0.05) is 33.6 Å². The average molecular weight is 234 g/mol. The van der Waals surface area contributed by atoms with Crippen molar-refractivity contribution in [3.63, 3.8) is 0 Å². The van der Waals surface area contributed by atoms with E-state index in [1.807, 2.05) is 0 Å². The van der Waals surface area contributed by atoms with Crippen LogP contribution in [0.1, 0.15) is 72.1 Å². The summed E-state index contributed by atoms with van der Waals surface area (Å²) in [4.78, 5) is 12.8. The fourth-order valence-electron chi connectivity index (χ4n) is 5.64. The molecule has 0 aromatic carbocycles. The van der Waals surface area contributed by atoms with Crippen LogP contribution in [0, 0.1) is 22.2 Å². The molecule has 1 spiro atoms. The molecule has 0 heterocycles. The third-order valence-corrected chi connectivity index (χ3v) is 6.58. The van der Waals surface area contributed by atoms with Gasteiger partial charge in [-0.15, -0.1) is 0 Å². The molecule has 1 heteroatoms. The van der Waals surface area contributed by atoms with E-state index in [1.54, 1.807) is 0 Å². The van der Waals surface area contributed by atoms with Crippen molar-refractivity contribution >= 4 is 5.78 Å². The highest BCUT2D eigenvalue weighted by Gasteiger charge is 2.69. The van der Waals surface area contributed by atoms with Crippen molar-refractivity contribution in [2.45, 2.75) is 72.1 Å². The molecule has 0 aromatic heterocycles. The zero-order valence-electron chi connectivity index (χ0n) is 11.6. The second kappa shape index (κ2) is 3.36. The zero-order chi connectivity index (χ0) is 12.3. The van der Waals surface area contributed by atoms with Gasteiger partial charge >= 0.3 is 0 Å². The third kappa shape index (κ3) is 1.24. The normalized spacial score (nSPS) is 47.2. The van der Waals surface area contributed by atoms with Crippen LogP contribution >= 0.6 is 0 Å². The summed E-state index contributed by atoms with van der Waals surface area (Å²) in [5, 5.41) is 0. The van der Waals surface area contributed by atoms with Crippen molar-refractivity contribution < 1.29 is 4.79 Å². The standard InChI is InChI=1S/C16H26O/c1-4-7-15-9-10-16(11-15)12(13(15)17)6-5-8-14(16,2)3/h12H,4-11H2,1-3H3/t12-,15+,16+/m1/s1. The van der Waals surface area contributed by atoms with Crippen LogP contribution in [-0.4, -0.2) is 5.78 Å². The van der Waals surface area contributed by atoms with Crippen LogP contribution in [-0.2, 0) is 4.79 Å². The SMILES string of the molecule is CCC[C@]12CC[C@]3(C1)[C@H](CCCC3(C)C)C2=O. The maximum atomic E-state index is 12.8. The molecule has 0 amide bonds. The van der Waals surface area contributed by atoms with Crippen molar-refractivity contribution in [2.75, 3.05) is 0 Å². The molecule has 17 heavy (non-hydrogen) atoms. The first-order chi connectivity index (χ1) is 7.97. The van der Waals surface area contributed by atoms with Crippen LogP contribution in [0.5, 0.6) is 0 Å². The first-order valence-corrected chi connectivity index (χ1v) is 7.52. The van der Waals surface area contributed by atoms with Crippen LogP contribution in [0.2, 0.25) is 0 Å². The van der Waals surface area contributed by atoms with Crippen LogP contribution in [0.15, 0.2) is 0 Å². The molecule has 0 radical (unpaired) electrons. The van der Waals surface area contributed by atoms with Gasteiger partial charge in [-0.25, -0.2) is 0 Å². The molecule has 3 atom stereocenters. The molecule has 0 N–H and O–H groups in total. The van der Waals surface area contributed by atoms with Gasteiger partial charge in [0.05, 0.1) is 0 Å². The topological polar surface area (TPSA) is 17.1 Å². The fraction of sp³-hybridized carbons (Fsp3) is 0.938. The maximum Gasteiger partial charge on any atom is 0.142 e. The van der Waals surface area contributed by atoms with Crippen molar-refractivity contribution in [1.82, 2.24) is 0 Å². The Kier molecular flexibility index (Phi) is 2.32. The highest BCUT2D eigenvalue weighted by Crippen LogP contribution is 2.73. The molecule has 1 nitrogen and oxygen atoms in total. The summed E-state index contributed by atoms with van der Waals surface area (Å²) in [6.45, 7) is 7.10. The Morgan fingerprint density at radius 1 is 1.24 bits per heavy atom. The Bertz CT molecular complexity index is 357. The molecule has 3 fully saturated rings. The molecule has 0 unspecified atom stereocenters. The Morgan fingerprint density at radius 3 is 2.65 bits per heavy atom. The predicted octanol–water partition coefficient (Wildman–Crippen LogP) is 4.35. The minimum absolute atomic E-state index is 0.112. The van der Waals surface area contributed by atoms with Crippen molar-refractivity contribution in [1.29, 1.82) is 0 Å². The monoisotopic (exact) mass is 234 g/mol. The maximum absolute atomic E-state index is 12.8. The fourth-order valence-corrected chi connectivity index (χ4v) is 5.64. The summed E-state index contributed by atoms with van der Waals surface area (Å²) < 4.78 is 0. The van der Waals surface area contributed by atoms with E-state index >= 15 is 0 Å². The number of carbonyl (C=O) groups is 1. The number of rotatable bonds is 2. The predicted molar refractivity (Wildman–Crippen MR) is 69.8 cm³/mol. The number of carbonyl (C=O) groups excluding carboxylic acids is 1. The first-order valence-electron chi connectivity index (χ1n) is 7.52. The smallest absolute Gasteiger partial charge is 0.142 e. The molecule has 3 aliphatic carbocycles.